The predicted molar refractivity (Wildman–Crippen MR) is 104 cm³/mol. The SMILES string of the molecule is COc1ccc(C)cc1Nc1ncnc(Nc2ccccc2C)c1[N+](=O)[O-]. The van der Waals surface area contributed by atoms with Crippen LogP contribution in [0.3, 0.4) is 0 Å². The first kappa shape index (κ1) is 18.1. The van der Waals surface area contributed by atoms with Crippen LogP contribution in [-0.4, -0.2) is 22.0 Å². The smallest absolute Gasteiger partial charge is 0.353 e. The molecule has 0 spiro atoms. The number of methoxy groups -OCH3 is 1. The van der Waals surface area contributed by atoms with Crippen LogP contribution in [0.1, 0.15) is 11.1 Å². The minimum atomic E-state index is -0.509. The quantitative estimate of drug-likeness (QED) is 0.490. The van der Waals surface area contributed by atoms with E-state index in [1.165, 1.54) is 13.4 Å². The summed E-state index contributed by atoms with van der Waals surface area (Å²) in [5.74, 6) is 0.746. The molecule has 1 aromatic heterocycles. The standard InChI is InChI=1S/C19H19N5O3/c1-12-8-9-16(27-3)15(10-12)23-19-17(24(25)26)18(20-11-21-19)22-14-7-5-4-6-13(14)2/h4-11H,1-3H3,(H2,20,21,22,23). The van der Waals surface area contributed by atoms with E-state index in [0.717, 1.165) is 16.8 Å². The number of aryl methyl sites for hydroxylation is 2. The molecule has 3 rings (SSSR count). The zero-order chi connectivity index (χ0) is 19.4. The van der Waals surface area contributed by atoms with Gasteiger partial charge in [-0.2, -0.15) is 0 Å². The lowest BCUT2D eigenvalue weighted by atomic mass is 10.2. The molecule has 8 nitrogen and oxygen atoms in total. The fourth-order valence-electron chi connectivity index (χ4n) is 2.62. The summed E-state index contributed by atoms with van der Waals surface area (Å²) >= 11 is 0. The molecule has 0 fully saturated rings. The molecule has 2 N–H and O–H groups in total. The Balaban J connectivity index is 2.03. The lowest BCUT2D eigenvalue weighted by Gasteiger charge is -2.13. The van der Waals surface area contributed by atoms with Crippen LogP contribution in [0.2, 0.25) is 0 Å². The first-order valence-corrected chi connectivity index (χ1v) is 8.23. The molecule has 0 saturated heterocycles. The van der Waals surface area contributed by atoms with Gasteiger partial charge in [-0.3, -0.25) is 10.1 Å². The van der Waals surface area contributed by atoms with Crippen molar-refractivity contribution < 1.29 is 9.66 Å². The number of hydrogen-bond acceptors (Lipinski definition) is 7. The largest absolute Gasteiger partial charge is 0.495 e. The third-order valence-electron chi connectivity index (χ3n) is 4.01. The van der Waals surface area contributed by atoms with Gasteiger partial charge in [0.25, 0.3) is 0 Å². The third kappa shape index (κ3) is 3.95. The summed E-state index contributed by atoms with van der Waals surface area (Å²) < 4.78 is 5.32. The minimum absolute atomic E-state index is 0.0787. The molecule has 0 bridgehead atoms. The number of nitrogens with zero attached hydrogens (tertiary/aromatic N) is 3. The maximum atomic E-state index is 11.7. The van der Waals surface area contributed by atoms with Gasteiger partial charge in [-0.05, 0) is 43.2 Å². The van der Waals surface area contributed by atoms with Crippen LogP contribution in [0.25, 0.3) is 0 Å². The second kappa shape index (κ2) is 7.69. The second-order valence-electron chi connectivity index (χ2n) is 5.95. The molecule has 0 amide bonds. The van der Waals surface area contributed by atoms with E-state index < -0.39 is 4.92 Å². The van der Waals surface area contributed by atoms with E-state index in [2.05, 4.69) is 20.6 Å². The lowest BCUT2D eigenvalue weighted by Crippen LogP contribution is -2.06. The summed E-state index contributed by atoms with van der Waals surface area (Å²) in [6, 6.07) is 13.0. The van der Waals surface area contributed by atoms with E-state index in [4.69, 9.17) is 4.74 Å². The molecule has 0 unspecified atom stereocenters. The number of nitrogens with one attached hydrogen (secondary N) is 2. The van der Waals surface area contributed by atoms with Crippen molar-refractivity contribution >= 4 is 28.7 Å². The molecule has 0 aliphatic rings. The highest BCUT2D eigenvalue weighted by atomic mass is 16.6. The van der Waals surface area contributed by atoms with E-state index >= 15 is 0 Å². The molecular weight excluding hydrogens is 346 g/mol. The Hall–Kier alpha value is -3.68. The van der Waals surface area contributed by atoms with Crippen molar-refractivity contribution in [2.45, 2.75) is 13.8 Å². The molecule has 0 atom stereocenters. The first-order valence-electron chi connectivity index (χ1n) is 8.23. The van der Waals surface area contributed by atoms with Gasteiger partial charge in [0.2, 0.25) is 11.6 Å². The van der Waals surface area contributed by atoms with Crippen LogP contribution < -0.4 is 15.4 Å². The highest BCUT2D eigenvalue weighted by Crippen LogP contribution is 2.36. The summed E-state index contributed by atoms with van der Waals surface area (Å²) in [7, 11) is 1.54. The predicted octanol–water partition coefficient (Wildman–Crippen LogP) is 4.50. The average molecular weight is 365 g/mol. The molecule has 1 heterocycles. The zero-order valence-electron chi connectivity index (χ0n) is 15.2. The van der Waals surface area contributed by atoms with Gasteiger partial charge in [0.15, 0.2) is 0 Å². The van der Waals surface area contributed by atoms with E-state index in [0.29, 0.717) is 11.4 Å². The van der Waals surface area contributed by atoms with Crippen molar-refractivity contribution in [3.8, 4) is 5.75 Å². The van der Waals surface area contributed by atoms with Gasteiger partial charge in [-0.1, -0.05) is 24.3 Å². The monoisotopic (exact) mass is 365 g/mol. The number of para-hydroxylation sites is 1. The maximum Gasteiger partial charge on any atom is 0.353 e. The van der Waals surface area contributed by atoms with E-state index in [1.807, 2.05) is 50.2 Å². The van der Waals surface area contributed by atoms with Crippen LogP contribution >= 0.6 is 0 Å². The third-order valence-corrected chi connectivity index (χ3v) is 4.01. The normalized spacial score (nSPS) is 10.3. The number of nitro groups is 1. The fourth-order valence-corrected chi connectivity index (χ4v) is 2.62. The summed E-state index contributed by atoms with van der Waals surface area (Å²) in [6.45, 7) is 3.83. The number of aromatic nitrogens is 2. The Kier molecular flexibility index (Phi) is 5.16. The van der Waals surface area contributed by atoms with Gasteiger partial charge in [-0.15, -0.1) is 0 Å². The Bertz CT molecular complexity index is 991. The fraction of sp³-hybridized carbons (Fsp3) is 0.158. The number of benzene rings is 2. The van der Waals surface area contributed by atoms with Gasteiger partial charge in [0.05, 0.1) is 17.7 Å². The summed E-state index contributed by atoms with van der Waals surface area (Å²) in [6.07, 6.45) is 1.28. The highest BCUT2D eigenvalue weighted by Gasteiger charge is 2.24. The van der Waals surface area contributed by atoms with Gasteiger partial charge in [0, 0.05) is 5.69 Å². The molecule has 0 saturated carbocycles. The van der Waals surface area contributed by atoms with E-state index in [-0.39, 0.29) is 17.3 Å². The molecule has 27 heavy (non-hydrogen) atoms. The summed E-state index contributed by atoms with van der Waals surface area (Å²) in [4.78, 5) is 19.4. The lowest BCUT2D eigenvalue weighted by molar-refractivity contribution is -0.383. The zero-order valence-corrected chi connectivity index (χ0v) is 15.2. The number of ether oxygens (including phenoxy) is 1. The number of hydrogen-bond donors (Lipinski definition) is 2. The maximum absolute atomic E-state index is 11.7. The highest BCUT2D eigenvalue weighted by molar-refractivity contribution is 5.78. The van der Waals surface area contributed by atoms with Crippen LogP contribution in [0.15, 0.2) is 48.8 Å². The van der Waals surface area contributed by atoms with Crippen LogP contribution in [-0.2, 0) is 0 Å². The molecule has 0 radical (unpaired) electrons. The van der Waals surface area contributed by atoms with Crippen molar-refractivity contribution in [3.05, 3.63) is 70.0 Å². The van der Waals surface area contributed by atoms with Crippen molar-refractivity contribution in [2.75, 3.05) is 17.7 Å². The summed E-state index contributed by atoms with van der Waals surface area (Å²) in [5, 5.41) is 17.8. The molecule has 8 heteroatoms. The Morgan fingerprint density at radius 2 is 1.67 bits per heavy atom. The molecule has 0 aliphatic heterocycles. The van der Waals surface area contributed by atoms with Crippen molar-refractivity contribution in [1.82, 2.24) is 9.97 Å². The van der Waals surface area contributed by atoms with Gasteiger partial charge < -0.3 is 15.4 Å². The Morgan fingerprint density at radius 1 is 1.00 bits per heavy atom. The van der Waals surface area contributed by atoms with E-state index in [1.54, 1.807) is 6.07 Å². The van der Waals surface area contributed by atoms with Crippen LogP contribution in [0.5, 0.6) is 5.75 Å². The van der Waals surface area contributed by atoms with Crippen molar-refractivity contribution in [1.29, 1.82) is 0 Å². The minimum Gasteiger partial charge on any atom is -0.495 e. The van der Waals surface area contributed by atoms with Crippen LogP contribution in [0, 0.1) is 24.0 Å². The molecular formula is C19H19N5O3. The number of rotatable bonds is 6. The molecule has 3 aromatic rings. The van der Waals surface area contributed by atoms with Gasteiger partial charge in [0.1, 0.15) is 12.1 Å². The molecule has 2 aromatic carbocycles. The van der Waals surface area contributed by atoms with Gasteiger partial charge in [-0.25, -0.2) is 9.97 Å². The number of anilines is 4. The molecule has 138 valence electrons. The van der Waals surface area contributed by atoms with Crippen LogP contribution in [0.4, 0.5) is 28.7 Å². The van der Waals surface area contributed by atoms with E-state index in [9.17, 15) is 10.1 Å². The first-order chi connectivity index (χ1) is 13.0. The van der Waals surface area contributed by atoms with Gasteiger partial charge >= 0.3 is 5.69 Å². The average Bonchev–Trinajstić information content (AvgIpc) is 2.64. The Labute approximate surface area is 156 Å². The van der Waals surface area contributed by atoms with Crippen molar-refractivity contribution in [3.63, 3.8) is 0 Å². The Morgan fingerprint density at radius 3 is 2.30 bits per heavy atom. The topological polar surface area (TPSA) is 102 Å². The van der Waals surface area contributed by atoms with Crippen molar-refractivity contribution in [2.24, 2.45) is 0 Å². The summed E-state index contributed by atoms with van der Waals surface area (Å²) in [5.41, 5.74) is 3.00. The second-order valence-corrected chi connectivity index (χ2v) is 5.95. The molecule has 0 aliphatic carbocycles.